The van der Waals surface area contributed by atoms with Crippen LogP contribution in [0, 0.1) is 5.92 Å². The van der Waals surface area contributed by atoms with Crippen molar-refractivity contribution in [3.05, 3.63) is 35.4 Å². The van der Waals surface area contributed by atoms with Gasteiger partial charge in [-0.2, -0.15) is 0 Å². The summed E-state index contributed by atoms with van der Waals surface area (Å²) in [5.74, 6) is 0.642. The normalized spacial score (nSPS) is 34.1. The summed E-state index contributed by atoms with van der Waals surface area (Å²) >= 11 is 0. The molecule has 0 spiro atoms. The van der Waals surface area contributed by atoms with Crippen LogP contribution >= 0.6 is 0 Å². The van der Waals surface area contributed by atoms with E-state index in [4.69, 9.17) is 0 Å². The molecule has 2 aliphatic rings. The molecule has 1 heterocycles. The minimum atomic E-state index is -0.274. The Labute approximate surface area is 122 Å². The van der Waals surface area contributed by atoms with Gasteiger partial charge in [-0.1, -0.05) is 38.1 Å². The van der Waals surface area contributed by atoms with Crippen LogP contribution < -0.4 is 5.32 Å². The van der Waals surface area contributed by atoms with Crippen LogP contribution in [0.1, 0.15) is 37.4 Å². The van der Waals surface area contributed by atoms with Crippen LogP contribution in [0.15, 0.2) is 24.3 Å². The molecule has 1 fully saturated rings. The molecule has 1 aromatic carbocycles. The van der Waals surface area contributed by atoms with Crippen molar-refractivity contribution in [3.63, 3.8) is 0 Å². The summed E-state index contributed by atoms with van der Waals surface area (Å²) in [6, 6.07) is 9.08. The Hall–Kier alpha value is -0.900. The van der Waals surface area contributed by atoms with Crippen LogP contribution in [-0.4, -0.2) is 41.8 Å². The van der Waals surface area contributed by atoms with Crippen LogP contribution in [-0.2, 0) is 6.42 Å². The molecule has 2 unspecified atom stereocenters. The summed E-state index contributed by atoms with van der Waals surface area (Å²) in [6.45, 7) is 8.04. The highest BCUT2D eigenvalue weighted by molar-refractivity contribution is 5.36. The predicted octanol–water partition coefficient (Wildman–Crippen LogP) is 1.96. The van der Waals surface area contributed by atoms with Crippen molar-refractivity contribution in [2.24, 2.45) is 5.92 Å². The van der Waals surface area contributed by atoms with Crippen molar-refractivity contribution in [2.45, 2.75) is 44.9 Å². The Balaban J connectivity index is 1.69. The lowest BCUT2D eigenvalue weighted by Crippen LogP contribution is -2.50. The first-order valence-electron chi connectivity index (χ1n) is 7.93. The van der Waals surface area contributed by atoms with Gasteiger partial charge in [0.15, 0.2) is 0 Å². The molecule has 1 aliphatic carbocycles. The van der Waals surface area contributed by atoms with E-state index in [1.165, 1.54) is 30.6 Å². The van der Waals surface area contributed by atoms with E-state index in [0.717, 1.165) is 13.0 Å². The average Bonchev–Trinajstić information content (AvgIpc) is 2.77. The first-order chi connectivity index (χ1) is 9.69. The van der Waals surface area contributed by atoms with Gasteiger partial charge in [0.25, 0.3) is 0 Å². The van der Waals surface area contributed by atoms with Gasteiger partial charge in [0, 0.05) is 19.0 Å². The van der Waals surface area contributed by atoms with Gasteiger partial charge in [0.05, 0.1) is 12.1 Å². The molecule has 3 nitrogen and oxygen atoms in total. The second kappa shape index (κ2) is 5.84. The maximum atomic E-state index is 10.4. The minimum absolute atomic E-state index is 0.117. The van der Waals surface area contributed by atoms with Gasteiger partial charge in [-0.05, 0) is 36.6 Å². The van der Waals surface area contributed by atoms with Crippen molar-refractivity contribution >= 4 is 0 Å². The molecule has 4 atom stereocenters. The van der Waals surface area contributed by atoms with Gasteiger partial charge in [0.1, 0.15) is 0 Å². The second-order valence-electron chi connectivity index (χ2n) is 6.38. The van der Waals surface area contributed by atoms with E-state index in [9.17, 15) is 5.11 Å². The molecule has 0 aromatic heterocycles. The van der Waals surface area contributed by atoms with Crippen LogP contribution in [0.3, 0.4) is 0 Å². The molecule has 1 aromatic rings. The molecule has 20 heavy (non-hydrogen) atoms. The largest absolute Gasteiger partial charge is 0.391 e. The van der Waals surface area contributed by atoms with Crippen molar-refractivity contribution in [2.75, 3.05) is 19.6 Å². The van der Waals surface area contributed by atoms with Gasteiger partial charge in [-0.3, -0.25) is 0 Å². The Morgan fingerprint density at radius 2 is 2.15 bits per heavy atom. The highest BCUT2D eigenvalue weighted by Gasteiger charge is 2.34. The monoisotopic (exact) mass is 274 g/mol. The lowest BCUT2D eigenvalue weighted by atomic mass is 9.92. The quantitative estimate of drug-likeness (QED) is 0.884. The van der Waals surface area contributed by atoms with Crippen molar-refractivity contribution in [1.82, 2.24) is 10.2 Å². The second-order valence-corrected chi connectivity index (χ2v) is 6.38. The summed E-state index contributed by atoms with van der Waals surface area (Å²) in [5.41, 5.74) is 2.60. The van der Waals surface area contributed by atoms with Gasteiger partial charge < -0.3 is 15.3 Å². The molecule has 1 aliphatic heterocycles. The highest BCUT2D eigenvalue weighted by Crippen LogP contribution is 2.33. The van der Waals surface area contributed by atoms with Crippen LogP contribution in [0.2, 0.25) is 0 Å². The SMILES string of the molecule is CCN1CCC(N[C@@H]2c3ccccc3C[C@@H]2O)C(C)C1. The minimum Gasteiger partial charge on any atom is -0.391 e. The molecule has 0 amide bonds. The molecule has 0 saturated carbocycles. The summed E-state index contributed by atoms with van der Waals surface area (Å²) in [6.07, 6.45) is 1.69. The van der Waals surface area contributed by atoms with E-state index in [1.54, 1.807) is 0 Å². The fraction of sp³-hybridized carbons (Fsp3) is 0.647. The number of rotatable bonds is 3. The first kappa shape index (κ1) is 14.1. The molecular formula is C17H26N2O. The lowest BCUT2D eigenvalue weighted by Gasteiger charge is -2.38. The Morgan fingerprint density at radius 3 is 2.90 bits per heavy atom. The Bertz CT molecular complexity index is 462. The standard InChI is InChI=1S/C17H26N2O/c1-3-19-9-8-15(12(2)11-19)18-17-14-7-5-4-6-13(14)10-16(17)20/h4-7,12,15-18,20H,3,8-11H2,1-2H3/t12?,15?,16-,17+/m0/s1. The van der Waals surface area contributed by atoms with E-state index in [1.807, 2.05) is 0 Å². The van der Waals surface area contributed by atoms with Gasteiger partial charge >= 0.3 is 0 Å². The Morgan fingerprint density at radius 1 is 1.35 bits per heavy atom. The van der Waals surface area contributed by atoms with Gasteiger partial charge in [0.2, 0.25) is 0 Å². The maximum Gasteiger partial charge on any atom is 0.0775 e. The van der Waals surface area contributed by atoms with E-state index >= 15 is 0 Å². The van der Waals surface area contributed by atoms with Gasteiger partial charge in [-0.15, -0.1) is 0 Å². The number of nitrogens with one attached hydrogen (secondary N) is 1. The van der Waals surface area contributed by atoms with Crippen LogP contribution in [0.5, 0.6) is 0 Å². The summed E-state index contributed by atoms with van der Waals surface area (Å²) in [4.78, 5) is 2.52. The van der Waals surface area contributed by atoms with Crippen molar-refractivity contribution in [1.29, 1.82) is 0 Å². The van der Waals surface area contributed by atoms with E-state index in [-0.39, 0.29) is 12.1 Å². The zero-order valence-electron chi connectivity index (χ0n) is 12.5. The molecular weight excluding hydrogens is 248 g/mol. The number of piperidine rings is 1. The van der Waals surface area contributed by atoms with E-state index in [2.05, 4.69) is 48.3 Å². The average molecular weight is 274 g/mol. The maximum absolute atomic E-state index is 10.4. The van der Waals surface area contributed by atoms with Crippen molar-refractivity contribution < 1.29 is 5.11 Å². The smallest absolute Gasteiger partial charge is 0.0775 e. The Kier molecular flexibility index (Phi) is 4.11. The van der Waals surface area contributed by atoms with Crippen LogP contribution in [0.4, 0.5) is 0 Å². The van der Waals surface area contributed by atoms with Crippen LogP contribution in [0.25, 0.3) is 0 Å². The third-order valence-corrected chi connectivity index (χ3v) is 5.03. The molecule has 3 rings (SSSR count). The molecule has 0 radical (unpaired) electrons. The number of benzene rings is 1. The number of hydrogen-bond donors (Lipinski definition) is 2. The predicted molar refractivity (Wildman–Crippen MR) is 81.7 cm³/mol. The lowest BCUT2D eigenvalue weighted by molar-refractivity contribution is 0.101. The fourth-order valence-electron chi connectivity index (χ4n) is 3.77. The molecule has 1 saturated heterocycles. The summed E-state index contributed by atoms with van der Waals surface area (Å²) < 4.78 is 0. The van der Waals surface area contributed by atoms with Crippen molar-refractivity contribution in [3.8, 4) is 0 Å². The zero-order chi connectivity index (χ0) is 14.1. The van der Waals surface area contributed by atoms with E-state index in [0.29, 0.717) is 12.0 Å². The third-order valence-electron chi connectivity index (χ3n) is 5.03. The number of hydrogen-bond acceptors (Lipinski definition) is 3. The molecule has 110 valence electrons. The number of fused-ring (bicyclic) bond motifs is 1. The zero-order valence-corrected chi connectivity index (χ0v) is 12.5. The first-order valence-corrected chi connectivity index (χ1v) is 7.93. The number of aliphatic hydroxyl groups excluding tert-OH is 1. The topological polar surface area (TPSA) is 35.5 Å². The van der Waals surface area contributed by atoms with E-state index < -0.39 is 0 Å². The highest BCUT2D eigenvalue weighted by atomic mass is 16.3. The molecule has 3 heteroatoms. The molecule has 2 N–H and O–H groups in total. The summed E-state index contributed by atoms with van der Waals surface area (Å²) in [5, 5.41) is 14.1. The fourth-order valence-corrected chi connectivity index (χ4v) is 3.77. The summed E-state index contributed by atoms with van der Waals surface area (Å²) in [7, 11) is 0. The number of aliphatic hydroxyl groups is 1. The number of likely N-dealkylation sites (tertiary alicyclic amines) is 1. The molecule has 0 bridgehead atoms. The third kappa shape index (κ3) is 2.62. The van der Waals surface area contributed by atoms with Gasteiger partial charge in [-0.25, -0.2) is 0 Å². The number of nitrogens with zero attached hydrogens (tertiary/aromatic N) is 1.